The van der Waals surface area contributed by atoms with E-state index in [0.717, 1.165) is 55.6 Å². The fourth-order valence-electron chi connectivity index (χ4n) is 6.35. The predicted molar refractivity (Wildman–Crippen MR) is 172 cm³/mol. The van der Waals surface area contributed by atoms with Crippen molar-refractivity contribution in [2.24, 2.45) is 11.7 Å². The predicted octanol–water partition coefficient (Wildman–Crippen LogP) is 4.87. The Morgan fingerprint density at radius 3 is 2.55 bits per heavy atom. The number of pyridine rings is 1. The average molecular weight is 624 g/mol. The van der Waals surface area contributed by atoms with Crippen LogP contribution in [0.25, 0.3) is 11.1 Å². The van der Waals surface area contributed by atoms with E-state index in [-0.39, 0.29) is 17.6 Å². The van der Waals surface area contributed by atoms with Crippen molar-refractivity contribution in [2.45, 2.75) is 38.8 Å². The van der Waals surface area contributed by atoms with Gasteiger partial charge >= 0.3 is 0 Å². The van der Waals surface area contributed by atoms with Crippen LogP contribution in [0.15, 0.2) is 54.7 Å². The van der Waals surface area contributed by atoms with E-state index < -0.39 is 6.04 Å². The second kappa shape index (κ2) is 15.2. The average Bonchev–Trinajstić information content (AvgIpc) is 3.05. The minimum absolute atomic E-state index is 0.0259. The van der Waals surface area contributed by atoms with Crippen molar-refractivity contribution >= 4 is 17.5 Å². The molecule has 5 rings (SSSR count). The first kappa shape index (κ1) is 32.2. The van der Waals surface area contributed by atoms with Crippen LogP contribution in [-0.4, -0.2) is 91.2 Å². The normalized spacial score (nSPS) is 17.4. The number of piperazine rings is 1. The lowest BCUT2D eigenvalue weighted by Crippen LogP contribution is -2.55. The van der Waals surface area contributed by atoms with Crippen LogP contribution in [0.3, 0.4) is 0 Å². The van der Waals surface area contributed by atoms with Crippen molar-refractivity contribution in [2.75, 3.05) is 59.5 Å². The molecule has 1 amide bonds. The Bertz CT molecular complexity index is 1410. The van der Waals surface area contributed by atoms with Gasteiger partial charge in [-0.25, -0.2) is 9.37 Å². The number of amides is 1. The third kappa shape index (κ3) is 7.69. The first-order valence-electron chi connectivity index (χ1n) is 15.5. The Morgan fingerprint density at radius 1 is 1.05 bits per heavy atom. The number of carbonyl (C=O) groups is 1. The fraction of sp³-hybridized carbons (Fsp3) is 0.471. The van der Waals surface area contributed by atoms with Crippen LogP contribution in [0, 0.1) is 11.7 Å². The van der Waals surface area contributed by atoms with Crippen molar-refractivity contribution in [1.29, 1.82) is 0 Å². The van der Waals surface area contributed by atoms with Gasteiger partial charge in [-0.1, -0.05) is 23.7 Å². The van der Waals surface area contributed by atoms with Gasteiger partial charge in [0.2, 0.25) is 11.8 Å². The van der Waals surface area contributed by atoms with Gasteiger partial charge in [0, 0.05) is 61.6 Å². The Morgan fingerprint density at radius 2 is 1.82 bits per heavy atom. The number of nitrogens with zero attached hydrogens (tertiary/aromatic N) is 4. The van der Waals surface area contributed by atoms with Crippen molar-refractivity contribution in [3.63, 3.8) is 0 Å². The molecule has 2 aliphatic heterocycles. The van der Waals surface area contributed by atoms with Gasteiger partial charge in [0.25, 0.3) is 0 Å². The van der Waals surface area contributed by atoms with E-state index in [1.165, 1.54) is 6.07 Å². The number of hydrogen-bond acceptors (Lipinski definition) is 7. The molecule has 0 saturated carbocycles. The van der Waals surface area contributed by atoms with E-state index in [9.17, 15) is 9.18 Å². The molecule has 2 saturated heterocycles. The van der Waals surface area contributed by atoms with Gasteiger partial charge in [0.05, 0.1) is 19.8 Å². The Labute approximate surface area is 264 Å². The van der Waals surface area contributed by atoms with Crippen LogP contribution in [0.5, 0.6) is 11.6 Å². The molecule has 1 aromatic heterocycles. The second-order valence-corrected chi connectivity index (χ2v) is 12.0. The number of ether oxygens (including phenoxy) is 2. The number of aromatic nitrogens is 1. The lowest BCUT2D eigenvalue weighted by atomic mass is 9.88. The van der Waals surface area contributed by atoms with E-state index in [1.54, 1.807) is 25.4 Å². The minimum atomic E-state index is -0.502. The van der Waals surface area contributed by atoms with Gasteiger partial charge in [-0.2, -0.15) is 0 Å². The van der Waals surface area contributed by atoms with Crippen LogP contribution in [0.1, 0.15) is 30.9 Å². The summed E-state index contributed by atoms with van der Waals surface area (Å²) in [6.45, 7) is 8.06. The quantitative estimate of drug-likeness (QED) is 0.326. The van der Waals surface area contributed by atoms with Crippen LogP contribution >= 0.6 is 11.6 Å². The van der Waals surface area contributed by atoms with Crippen molar-refractivity contribution in [1.82, 2.24) is 19.7 Å². The van der Waals surface area contributed by atoms with Crippen LogP contribution in [0.4, 0.5) is 4.39 Å². The number of methoxy groups -OCH3 is 1. The summed E-state index contributed by atoms with van der Waals surface area (Å²) in [5.41, 5.74) is 10.3. The van der Waals surface area contributed by atoms with Gasteiger partial charge in [-0.3, -0.25) is 9.69 Å². The van der Waals surface area contributed by atoms with Gasteiger partial charge < -0.3 is 25.0 Å². The molecular formula is C34H43ClFN5O3. The maximum atomic E-state index is 14.5. The lowest BCUT2D eigenvalue weighted by Gasteiger charge is -2.39. The highest BCUT2D eigenvalue weighted by atomic mass is 35.5. The number of piperidine rings is 1. The van der Waals surface area contributed by atoms with Gasteiger partial charge in [0.15, 0.2) is 0 Å². The topological polar surface area (TPSA) is 84.2 Å². The van der Waals surface area contributed by atoms with Crippen LogP contribution in [0.2, 0.25) is 5.02 Å². The number of carbonyl (C=O) groups excluding carboxylic acids is 1. The molecule has 0 unspecified atom stereocenters. The SMILES string of the molecule is CCOc1cccc(F)c1CN1CCN(C(=O)[C@H](N)C2CCN(CCc3cc(Cl)ccc3-c3cccnc3OC)CC2)CC1. The van der Waals surface area contributed by atoms with Crippen LogP contribution in [-0.2, 0) is 17.8 Å². The third-order valence-electron chi connectivity index (χ3n) is 8.89. The summed E-state index contributed by atoms with van der Waals surface area (Å²) in [6, 6.07) is 14.3. The molecule has 2 fully saturated rings. The number of likely N-dealkylation sites (tertiary alicyclic amines) is 1. The Hall–Kier alpha value is -3.24. The molecule has 3 aromatic rings. The maximum absolute atomic E-state index is 14.5. The molecule has 236 valence electrons. The zero-order valence-electron chi connectivity index (χ0n) is 25.7. The summed E-state index contributed by atoms with van der Waals surface area (Å²) < 4.78 is 25.7. The molecular weight excluding hydrogens is 581 g/mol. The number of rotatable bonds is 11. The number of nitrogens with two attached hydrogens (primary N) is 1. The molecule has 3 heterocycles. The second-order valence-electron chi connectivity index (χ2n) is 11.6. The molecule has 0 bridgehead atoms. The number of halogens is 2. The summed E-state index contributed by atoms with van der Waals surface area (Å²) in [6.07, 6.45) is 4.34. The molecule has 2 aliphatic rings. The Balaban J connectivity index is 1.10. The van der Waals surface area contributed by atoms with E-state index in [0.29, 0.717) is 61.5 Å². The van der Waals surface area contributed by atoms with E-state index in [2.05, 4.69) is 14.8 Å². The van der Waals surface area contributed by atoms with Gasteiger partial charge in [0.1, 0.15) is 11.6 Å². The third-order valence-corrected chi connectivity index (χ3v) is 9.12. The van der Waals surface area contributed by atoms with Crippen molar-refractivity contribution in [3.05, 3.63) is 76.7 Å². The molecule has 1 atom stereocenters. The number of hydrogen-bond donors (Lipinski definition) is 1. The molecule has 10 heteroatoms. The van der Waals surface area contributed by atoms with E-state index >= 15 is 0 Å². The van der Waals surface area contributed by atoms with Gasteiger partial charge in [-0.05, 0) is 92.7 Å². The first-order chi connectivity index (χ1) is 21.4. The minimum Gasteiger partial charge on any atom is -0.493 e. The summed E-state index contributed by atoms with van der Waals surface area (Å²) >= 11 is 6.38. The van der Waals surface area contributed by atoms with Crippen molar-refractivity contribution < 1.29 is 18.7 Å². The Kier molecular flexibility index (Phi) is 11.1. The highest BCUT2D eigenvalue weighted by molar-refractivity contribution is 6.30. The zero-order chi connectivity index (χ0) is 31.1. The molecule has 0 aliphatic carbocycles. The standard InChI is InChI=1S/C34H43ClFN5O3/c1-3-44-31-8-4-7-30(36)29(31)23-40-18-20-41(21-19-40)34(42)32(37)24-11-15-39(16-12-24)17-13-25-22-26(35)9-10-27(25)28-6-5-14-38-33(28)43-2/h4-10,14,22,24,32H,3,11-13,15-21,23,37H2,1-2H3/t32-/m1/s1. The number of benzene rings is 2. The monoisotopic (exact) mass is 623 g/mol. The molecule has 8 nitrogen and oxygen atoms in total. The fourth-order valence-corrected chi connectivity index (χ4v) is 6.54. The molecule has 2 aromatic carbocycles. The van der Waals surface area contributed by atoms with E-state index in [1.807, 2.05) is 42.2 Å². The molecule has 0 spiro atoms. The van der Waals surface area contributed by atoms with Crippen LogP contribution < -0.4 is 15.2 Å². The summed E-state index contributed by atoms with van der Waals surface area (Å²) in [7, 11) is 1.63. The smallest absolute Gasteiger partial charge is 0.239 e. The molecule has 44 heavy (non-hydrogen) atoms. The summed E-state index contributed by atoms with van der Waals surface area (Å²) in [5.74, 6) is 1.10. The highest BCUT2D eigenvalue weighted by Crippen LogP contribution is 2.33. The molecule has 2 N–H and O–H groups in total. The first-order valence-corrected chi connectivity index (χ1v) is 15.9. The largest absolute Gasteiger partial charge is 0.493 e. The summed E-state index contributed by atoms with van der Waals surface area (Å²) in [5, 5.41) is 0.707. The zero-order valence-corrected chi connectivity index (χ0v) is 26.4. The lowest BCUT2D eigenvalue weighted by molar-refractivity contribution is -0.136. The van der Waals surface area contributed by atoms with Gasteiger partial charge in [-0.15, -0.1) is 0 Å². The molecule has 0 radical (unpaired) electrons. The highest BCUT2D eigenvalue weighted by Gasteiger charge is 2.33. The van der Waals surface area contributed by atoms with E-state index in [4.69, 9.17) is 26.8 Å². The maximum Gasteiger partial charge on any atom is 0.239 e. The summed E-state index contributed by atoms with van der Waals surface area (Å²) in [4.78, 5) is 24.2. The van der Waals surface area contributed by atoms with Crippen molar-refractivity contribution in [3.8, 4) is 22.8 Å².